The molecule has 2 rings (SSSR count). The van der Waals surface area contributed by atoms with Crippen molar-refractivity contribution in [3.8, 4) is 6.07 Å². The number of nitrogens with one attached hydrogen (secondary N) is 1. The molecule has 0 amide bonds. The third kappa shape index (κ3) is 2.78. The summed E-state index contributed by atoms with van der Waals surface area (Å²) in [6.45, 7) is 1.07. The fourth-order valence-electron chi connectivity index (χ4n) is 1.66. The van der Waals surface area contributed by atoms with Gasteiger partial charge in [-0.1, -0.05) is 12.1 Å². The highest BCUT2D eigenvalue weighted by Crippen LogP contribution is 2.21. The van der Waals surface area contributed by atoms with Crippen molar-refractivity contribution in [1.29, 1.82) is 5.26 Å². The van der Waals surface area contributed by atoms with E-state index in [9.17, 15) is 13.2 Å². The second kappa shape index (κ2) is 5.30. The number of esters is 1. The van der Waals surface area contributed by atoms with Gasteiger partial charge in [0.25, 0.3) is 10.0 Å². The van der Waals surface area contributed by atoms with Crippen LogP contribution in [-0.2, 0) is 19.6 Å². The van der Waals surface area contributed by atoms with Gasteiger partial charge in [-0.15, -0.1) is 0 Å². The van der Waals surface area contributed by atoms with Crippen molar-refractivity contribution in [2.24, 2.45) is 4.99 Å². The Morgan fingerprint density at radius 2 is 2.20 bits per heavy atom. The minimum Gasteiger partial charge on any atom is -0.446 e. The van der Waals surface area contributed by atoms with Crippen molar-refractivity contribution in [1.82, 2.24) is 4.72 Å². The van der Waals surface area contributed by atoms with Gasteiger partial charge in [0, 0.05) is 5.56 Å². The second-order valence-electron chi connectivity index (χ2n) is 4.03. The molecule has 0 radical (unpaired) electrons. The van der Waals surface area contributed by atoms with E-state index >= 15 is 0 Å². The van der Waals surface area contributed by atoms with Gasteiger partial charge in [0.05, 0.1) is 4.90 Å². The molecule has 1 aromatic carbocycles. The highest BCUT2D eigenvalue weighted by molar-refractivity contribution is 7.90. The molecule has 0 bridgehead atoms. The van der Waals surface area contributed by atoms with Crippen LogP contribution in [0, 0.1) is 11.3 Å². The lowest BCUT2D eigenvalue weighted by molar-refractivity contribution is -0.144. The van der Waals surface area contributed by atoms with E-state index in [2.05, 4.69) is 9.71 Å². The average molecular weight is 293 g/mol. The second-order valence-corrected chi connectivity index (χ2v) is 5.68. The Kier molecular flexibility index (Phi) is 3.72. The van der Waals surface area contributed by atoms with Crippen LogP contribution in [0.3, 0.4) is 0 Å². The predicted molar refractivity (Wildman–Crippen MR) is 69.3 cm³/mol. The molecule has 104 valence electrons. The van der Waals surface area contributed by atoms with E-state index in [1.807, 2.05) is 0 Å². The summed E-state index contributed by atoms with van der Waals surface area (Å²) in [4.78, 5) is 15.4. The first kappa shape index (κ1) is 14.0. The van der Waals surface area contributed by atoms with Gasteiger partial charge in [-0.3, -0.25) is 14.5 Å². The molecule has 1 aliphatic rings. The Morgan fingerprint density at radius 1 is 1.50 bits per heavy atom. The quantitative estimate of drug-likeness (QED) is 0.800. The summed E-state index contributed by atoms with van der Waals surface area (Å²) < 4.78 is 30.5. The average Bonchev–Trinajstić information content (AvgIpc) is 2.68. The minimum absolute atomic E-state index is 0.0992. The normalized spacial score (nSPS) is 18.7. The van der Waals surface area contributed by atoms with Crippen LogP contribution in [-0.4, -0.2) is 32.9 Å². The number of carbonyl (C=O) groups is 1. The number of amidine groups is 1. The molecule has 1 aliphatic heterocycles. The number of fused-ring (bicyclic) bond motifs is 1. The standard InChI is InChI=1S/C12H11N3O4S/c1-8(6-13)19-11(16)7-14-12-9-4-2-3-5-10(9)20(17,18)15-12/h2-5,8H,7H2,1H3,(H,14,15)/t8-/m1/s1. The molecule has 1 heterocycles. The highest BCUT2D eigenvalue weighted by Gasteiger charge is 2.30. The van der Waals surface area contributed by atoms with Crippen LogP contribution in [0.1, 0.15) is 12.5 Å². The first-order valence-electron chi connectivity index (χ1n) is 5.70. The van der Waals surface area contributed by atoms with E-state index in [0.29, 0.717) is 5.56 Å². The molecule has 0 fully saturated rings. The number of hydrogen-bond donors (Lipinski definition) is 1. The molecular weight excluding hydrogens is 282 g/mol. The Labute approximate surface area is 115 Å². The van der Waals surface area contributed by atoms with E-state index in [1.165, 1.54) is 13.0 Å². The zero-order chi connectivity index (χ0) is 14.8. The zero-order valence-corrected chi connectivity index (χ0v) is 11.3. The first-order chi connectivity index (χ1) is 9.44. The monoisotopic (exact) mass is 293 g/mol. The van der Waals surface area contributed by atoms with Gasteiger partial charge >= 0.3 is 5.97 Å². The first-order valence-corrected chi connectivity index (χ1v) is 7.18. The summed E-state index contributed by atoms with van der Waals surface area (Å²) in [5.74, 6) is -0.600. The Bertz CT molecular complexity index is 718. The minimum atomic E-state index is -3.62. The van der Waals surface area contributed by atoms with E-state index in [4.69, 9.17) is 10.00 Å². The van der Waals surface area contributed by atoms with Gasteiger partial charge in [-0.25, -0.2) is 8.42 Å². The molecule has 0 aliphatic carbocycles. The number of carbonyl (C=O) groups excluding carboxylic acids is 1. The van der Waals surface area contributed by atoms with Crippen LogP contribution in [0.4, 0.5) is 0 Å². The van der Waals surface area contributed by atoms with Crippen molar-refractivity contribution >= 4 is 21.8 Å². The van der Waals surface area contributed by atoms with Crippen molar-refractivity contribution < 1.29 is 17.9 Å². The third-order valence-corrected chi connectivity index (χ3v) is 3.92. The van der Waals surface area contributed by atoms with Gasteiger partial charge < -0.3 is 4.74 Å². The van der Waals surface area contributed by atoms with Crippen molar-refractivity contribution in [3.63, 3.8) is 0 Å². The van der Waals surface area contributed by atoms with Gasteiger partial charge in [0.2, 0.25) is 0 Å². The van der Waals surface area contributed by atoms with Crippen LogP contribution >= 0.6 is 0 Å². The summed E-state index contributed by atoms with van der Waals surface area (Å²) in [7, 11) is -3.62. The summed E-state index contributed by atoms with van der Waals surface area (Å²) in [6, 6.07) is 8.07. The summed E-state index contributed by atoms with van der Waals surface area (Å²) in [5, 5.41) is 8.51. The van der Waals surface area contributed by atoms with E-state index < -0.39 is 22.1 Å². The lowest BCUT2D eigenvalue weighted by atomic mass is 10.2. The highest BCUT2D eigenvalue weighted by atomic mass is 32.2. The van der Waals surface area contributed by atoms with Crippen LogP contribution in [0.25, 0.3) is 0 Å². The number of ether oxygens (including phenoxy) is 1. The number of rotatable bonds is 3. The van der Waals surface area contributed by atoms with Gasteiger partial charge in [0.15, 0.2) is 6.10 Å². The Morgan fingerprint density at radius 3 is 2.90 bits per heavy atom. The predicted octanol–water partition coefficient (Wildman–Crippen LogP) is 0.180. The maximum absolute atomic E-state index is 11.8. The summed E-state index contributed by atoms with van der Waals surface area (Å²) in [6.07, 6.45) is -0.866. The molecule has 7 nitrogen and oxygen atoms in total. The van der Waals surface area contributed by atoms with Crippen LogP contribution in [0.15, 0.2) is 34.2 Å². The fraction of sp³-hybridized carbons (Fsp3) is 0.250. The SMILES string of the molecule is C[C@H](C#N)OC(=O)CN=C1NS(=O)(=O)c2ccccc21. The summed E-state index contributed by atoms with van der Waals surface area (Å²) in [5.41, 5.74) is 0.411. The molecule has 0 spiro atoms. The van der Waals surface area contributed by atoms with Crippen molar-refractivity contribution in [2.75, 3.05) is 6.54 Å². The Hall–Kier alpha value is -2.40. The summed E-state index contributed by atoms with van der Waals surface area (Å²) >= 11 is 0. The van der Waals surface area contributed by atoms with Crippen molar-refractivity contribution in [3.05, 3.63) is 29.8 Å². The largest absolute Gasteiger partial charge is 0.446 e. The molecule has 1 N–H and O–H groups in total. The lowest BCUT2D eigenvalue weighted by Gasteiger charge is -2.04. The lowest BCUT2D eigenvalue weighted by Crippen LogP contribution is -2.24. The van der Waals surface area contributed by atoms with Crippen LogP contribution < -0.4 is 4.72 Å². The van der Waals surface area contributed by atoms with Crippen LogP contribution in [0.2, 0.25) is 0 Å². The van der Waals surface area contributed by atoms with E-state index in [-0.39, 0.29) is 17.3 Å². The number of nitrogens with zero attached hydrogens (tertiary/aromatic N) is 2. The van der Waals surface area contributed by atoms with E-state index in [1.54, 1.807) is 24.3 Å². The van der Waals surface area contributed by atoms with Gasteiger partial charge in [-0.05, 0) is 19.1 Å². The van der Waals surface area contributed by atoms with Crippen molar-refractivity contribution in [2.45, 2.75) is 17.9 Å². The molecule has 0 saturated heterocycles. The number of sulfonamides is 1. The van der Waals surface area contributed by atoms with Gasteiger partial charge in [0.1, 0.15) is 18.4 Å². The third-order valence-electron chi connectivity index (χ3n) is 2.52. The molecule has 0 saturated carbocycles. The maximum atomic E-state index is 11.8. The van der Waals surface area contributed by atoms with Gasteiger partial charge in [-0.2, -0.15) is 5.26 Å². The number of nitriles is 1. The smallest absolute Gasteiger partial charge is 0.329 e. The molecule has 1 aromatic rings. The molecule has 1 atom stereocenters. The zero-order valence-electron chi connectivity index (χ0n) is 10.5. The Balaban J connectivity index is 2.18. The van der Waals surface area contributed by atoms with Crippen LogP contribution in [0.5, 0.6) is 0 Å². The molecule has 0 unspecified atom stereocenters. The molecule has 20 heavy (non-hydrogen) atoms. The number of benzene rings is 1. The number of aliphatic imine (C=N–C) groups is 1. The molecule has 8 heteroatoms. The topological polar surface area (TPSA) is 109 Å². The molecule has 0 aromatic heterocycles. The maximum Gasteiger partial charge on any atom is 0.329 e. The van der Waals surface area contributed by atoms with E-state index in [0.717, 1.165) is 0 Å². The molecular formula is C12H11N3O4S. The fourth-order valence-corrected chi connectivity index (χ4v) is 2.91. The number of hydrogen-bond acceptors (Lipinski definition) is 6.